The van der Waals surface area contributed by atoms with Crippen molar-refractivity contribution in [2.45, 2.75) is 19.3 Å². The highest BCUT2D eigenvalue weighted by atomic mass is 32.1. The molecule has 0 bridgehead atoms. The van der Waals surface area contributed by atoms with Crippen LogP contribution in [0.1, 0.15) is 18.9 Å². The van der Waals surface area contributed by atoms with Crippen molar-refractivity contribution < 1.29 is 9.53 Å². The molecule has 66 valence electrons. The van der Waals surface area contributed by atoms with Crippen molar-refractivity contribution in [2.75, 3.05) is 7.11 Å². The number of carbonyl (C=O) groups is 1. The van der Waals surface area contributed by atoms with E-state index in [4.69, 9.17) is 0 Å². The molecule has 0 saturated heterocycles. The minimum absolute atomic E-state index is 0.332. The molecule has 12 heavy (non-hydrogen) atoms. The Labute approximate surface area is 73.9 Å². The molecule has 1 rings (SSSR count). The lowest BCUT2D eigenvalue weighted by atomic mass is 9.95. The number of methoxy groups -OCH3 is 1. The van der Waals surface area contributed by atoms with Crippen LogP contribution >= 0.6 is 11.5 Å². The molecule has 0 unspecified atom stereocenters. The highest BCUT2D eigenvalue weighted by Gasteiger charge is 2.34. The maximum absolute atomic E-state index is 11.2. The second-order valence-corrected chi connectivity index (χ2v) is 3.52. The highest BCUT2D eigenvalue weighted by molar-refractivity contribution is 7.05. The number of hydrogen-bond donors (Lipinski definition) is 0. The van der Waals surface area contributed by atoms with Gasteiger partial charge in [-0.3, -0.25) is 4.79 Å². The van der Waals surface area contributed by atoms with E-state index in [1.807, 2.05) is 0 Å². The summed E-state index contributed by atoms with van der Waals surface area (Å²) in [6.07, 6.45) is 0. The number of nitrogens with zero attached hydrogens (tertiary/aromatic N) is 3. The third-order valence-electron chi connectivity index (χ3n) is 1.53. The van der Waals surface area contributed by atoms with Gasteiger partial charge in [-0.15, -0.1) is 5.10 Å². The van der Waals surface area contributed by atoms with Crippen LogP contribution in [-0.2, 0) is 14.9 Å². The van der Waals surface area contributed by atoms with E-state index in [1.165, 1.54) is 7.11 Å². The standard InChI is InChI=1S/C6H9N3O2S/c1-6(2,5(10)11-3)4-7-8-9-12-4/h1-3H3. The van der Waals surface area contributed by atoms with E-state index in [0.29, 0.717) is 5.01 Å². The zero-order chi connectivity index (χ0) is 9.19. The topological polar surface area (TPSA) is 65.0 Å². The van der Waals surface area contributed by atoms with Gasteiger partial charge in [0, 0.05) is 11.5 Å². The molecule has 1 aromatic heterocycles. The average Bonchev–Trinajstić information content (AvgIpc) is 2.55. The number of rotatable bonds is 2. The fourth-order valence-electron chi connectivity index (χ4n) is 0.716. The summed E-state index contributed by atoms with van der Waals surface area (Å²) >= 11 is 1.10. The summed E-state index contributed by atoms with van der Waals surface area (Å²) in [6.45, 7) is 3.45. The van der Waals surface area contributed by atoms with Crippen molar-refractivity contribution >= 4 is 17.5 Å². The molecule has 5 nitrogen and oxygen atoms in total. The van der Waals surface area contributed by atoms with Crippen molar-refractivity contribution in [1.29, 1.82) is 0 Å². The molecule has 0 aliphatic heterocycles. The van der Waals surface area contributed by atoms with Crippen molar-refractivity contribution in [1.82, 2.24) is 14.8 Å². The molecule has 6 heteroatoms. The van der Waals surface area contributed by atoms with Crippen LogP contribution in [-0.4, -0.2) is 27.9 Å². The number of esters is 1. The zero-order valence-electron chi connectivity index (χ0n) is 7.07. The first-order chi connectivity index (χ1) is 5.59. The SMILES string of the molecule is COC(=O)C(C)(C)c1nnns1. The molecule has 1 heterocycles. The fraction of sp³-hybridized carbons (Fsp3) is 0.667. The smallest absolute Gasteiger partial charge is 0.318 e. The maximum atomic E-state index is 11.2. The predicted octanol–water partition coefficient (Wildman–Crippen LogP) is 0.384. The van der Waals surface area contributed by atoms with Gasteiger partial charge in [0.25, 0.3) is 0 Å². The van der Waals surface area contributed by atoms with Crippen molar-refractivity contribution in [2.24, 2.45) is 0 Å². The van der Waals surface area contributed by atoms with Gasteiger partial charge >= 0.3 is 5.97 Å². The Morgan fingerprint density at radius 1 is 1.58 bits per heavy atom. The van der Waals surface area contributed by atoms with Gasteiger partial charge in [-0.05, 0) is 19.1 Å². The normalized spacial score (nSPS) is 11.2. The van der Waals surface area contributed by atoms with Gasteiger partial charge in [0.05, 0.1) is 7.11 Å². The summed E-state index contributed by atoms with van der Waals surface area (Å²) in [5.74, 6) is -0.332. The van der Waals surface area contributed by atoms with Crippen LogP contribution in [0.25, 0.3) is 0 Å². The summed E-state index contributed by atoms with van der Waals surface area (Å²) in [7, 11) is 1.35. The third kappa shape index (κ3) is 1.42. The molecule has 0 amide bonds. The summed E-state index contributed by atoms with van der Waals surface area (Å²) in [5, 5.41) is 7.69. The van der Waals surface area contributed by atoms with Crippen LogP contribution in [0.5, 0.6) is 0 Å². The van der Waals surface area contributed by atoms with Crippen LogP contribution in [0.2, 0.25) is 0 Å². The second-order valence-electron chi connectivity index (χ2n) is 2.78. The van der Waals surface area contributed by atoms with E-state index in [2.05, 4.69) is 19.5 Å². The maximum Gasteiger partial charge on any atom is 0.318 e. The summed E-state index contributed by atoms with van der Waals surface area (Å²) in [5.41, 5.74) is -0.747. The van der Waals surface area contributed by atoms with Gasteiger partial charge in [0.2, 0.25) is 0 Å². The molecule has 0 radical (unpaired) electrons. The van der Waals surface area contributed by atoms with Gasteiger partial charge in [-0.25, -0.2) is 0 Å². The first-order valence-electron chi connectivity index (χ1n) is 3.33. The van der Waals surface area contributed by atoms with Crippen LogP contribution in [0.3, 0.4) is 0 Å². The van der Waals surface area contributed by atoms with Crippen LogP contribution in [0.4, 0.5) is 0 Å². The van der Waals surface area contributed by atoms with Gasteiger partial charge < -0.3 is 4.74 Å². The molecule has 1 aromatic rings. The molecule has 0 aliphatic rings. The number of carbonyl (C=O) groups excluding carboxylic acids is 1. The number of ether oxygens (including phenoxy) is 1. The van der Waals surface area contributed by atoms with Crippen LogP contribution in [0.15, 0.2) is 0 Å². The minimum atomic E-state index is -0.747. The van der Waals surface area contributed by atoms with Gasteiger partial charge in [0.15, 0.2) is 5.01 Å². The lowest BCUT2D eigenvalue weighted by Gasteiger charge is -2.16. The van der Waals surface area contributed by atoms with Crippen LogP contribution < -0.4 is 0 Å². The first kappa shape index (κ1) is 9.05. The van der Waals surface area contributed by atoms with Crippen molar-refractivity contribution in [3.63, 3.8) is 0 Å². The molecule has 0 atom stereocenters. The molecular weight excluding hydrogens is 178 g/mol. The number of aromatic nitrogens is 3. The molecule has 0 saturated carbocycles. The van der Waals surface area contributed by atoms with E-state index < -0.39 is 5.41 Å². The highest BCUT2D eigenvalue weighted by Crippen LogP contribution is 2.23. The Morgan fingerprint density at radius 2 is 2.25 bits per heavy atom. The van der Waals surface area contributed by atoms with Crippen LogP contribution in [0, 0.1) is 0 Å². The largest absolute Gasteiger partial charge is 0.468 e. The van der Waals surface area contributed by atoms with E-state index >= 15 is 0 Å². The zero-order valence-corrected chi connectivity index (χ0v) is 7.88. The molecule has 0 aromatic carbocycles. The monoisotopic (exact) mass is 187 g/mol. The molecule has 0 fully saturated rings. The Morgan fingerprint density at radius 3 is 2.67 bits per heavy atom. The van der Waals surface area contributed by atoms with E-state index in [0.717, 1.165) is 11.5 Å². The second kappa shape index (κ2) is 3.14. The summed E-state index contributed by atoms with van der Waals surface area (Å²) < 4.78 is 8.19. The Kier molecular flexibility index (Phi) is 2.37. The average molecular weight is 187 g/mol. The van der Waals surface area contributed by atoms with E-state index in [9.17, 15) is 4.79 Å². The predicted molar refractivity (Wildman–Crippen MR) is 42.7 cm³/mol. The quantitative estimate of drug-likeness (QED) is 0.626. The fourth-order valence-corrected chi connectivity index (χ4v) is 1.25. The molecule has 0 aliphatic carbocycles. The van der Waals surface area contributed by atoms with Crippen molar-refractivity contribution in [3.05, 3.63) is 5.01 Å². The first-order valence-corrected chi connectivity index (χ1v) is 4.10. The Bertz CT molecular complexity index is 270. The lowest BCUT2D eigenvalue weighted by molar-refractivity contribution is -0.146. The number of hydrogen-bond acceptors (Lipinski definition) is 6. The summed E-state index contributed by atoms with van der Waals surface area (Å²) in [6, 6.07) is 0. The molecular formula is C6H9N3O2S. The van der Waals surface area contributed by atoms with Crippen molar-refractivity contribution in [3.8, 4) is 0 Å². The van der Waals surface area contributed by atoms with Gasteiger partial charge in [-0.1, -0.05) is 4.49 Å². The van der Waals surface area contributed by atoms with E-state index in [1.54, 1.807) is 13.8 Å². The third-order valence-corrected chi connectivity index (χ3v) is 2.45. The molecule has 0 spiro atoms. The van der Waals surface area contributed by atoms with Gasteiger partial charge in [0.1, 0.15) is 5.41 Å². The van der Waals surface area contributed by atoms with E-state index in [-0.39, 0.29) is 5.97 Å². The van der Waals surface area contributed by atoms with Gasteiger partial charge in [-0.2, -0.15) is 0 Å². The minimum Gasteiger partial charge on any atom is -0.468 e. The Balaban J connectivity index is 2.93. The summed E-state index contributed by atoms with van der Waals surface area (Å²) in [4.78, 5) is 11.2. The Hall–Kier alpha value is -1.04. The molecule has 0 N–H and O–H groups in total. The lowest BCUT2D eigenvalue weighted by Crippen LogP contribution is -2.30.